The summed E-state index contributed by atoms with van der Waals surface area (Å²) in [5, 5.41) is 0. The summed E-state index contributed by atoms with van der Waals surface area (Å²) in [5.41, 5.74) is 4.95. The Morgan fingerprint density at radius 1 is 1.24 bits per heavy atom. The van der Waals surface area contributed by atoms with Crippen LogP contribution in [0.2, 0.25) is 0 Å². The van der Waals surface area contributed by atoms with E-state index in [9.17, 15) is 4.79 Å². The molecule has 7 heteroatoms. The lowest BCUT2D eigenvalue weighted by Gasteiger charge is -2.10. The summed E-state index contributed by atoms with van der Waals surface area (Å²) in [4.78, 5) is 19.4. The number of benzene rings is 2. The number of nitrogens with one attached hydrogen (secondary N) is 2. The highest BCUT2D eigenvalue weighted by Gasteiger charge is 2.12. The molecule has 0 aliphatic carbocycles. The van der Waals surface area contributed by atoms with Crippen LogP contribution < -0.4 is 20.7 Å². The van der Waals surface area contributed by atoms with E-state index in [0.29, 0.717) is 29.5 Å². The maximum atomic E-state index is 11.6. The predicted molar refractivity (Wildman–Crippen MR) is 95.5 cm³/mol. The Balaban J connectivity index is 1.97. The Morgan fingerprint density at radius 2 is 2.08 bits per heavy atom. The number of imidazole rings is 1. The van der Waals surface area contributed by atoms with E-state index in [1.165, 1.54) is 0 Å². The van der Waals surface area contributed by atoms with Crippen LogP contribution in [0.4, 0.5) is 0 Å². The van der Waals surface area contributed by atoms with E-state index >= 15 is 0 Å². The molecule has 2 aromatic carbocycles. The minimum absolute atomic E-state index is 0.350. The maximum Gasteiger partial charge on any atom is 0.265 e. The summed E-state index contributed by atoms with van der Waals surface area (Å²) in [6.45, 7) is 2.68. The van der Waals surface area contributed by atoms with Crippen LogP contribution in [0, 0.1) is 0 Å². The third-order valence-corrected chi connectivity index (χ3v) is 3.77. The molecule has 0 radical (unpaired) electrons. The Labute approximate surface area is 145 Å². The molecule has 25 heavy (non-hydrogen) atoms. The van der Waals surface area contributed by atoms with Crippen molar-refractivity contribution in [1.29, 1.82) is 0 Å². The van der Waals surface area contributed by atoms with E-state index in [1.807, 2.05) is 18.2 Å². The zero-order valence-electron chi connectivity index (χ0n) is 14.1. The van der Waals surface area contributed by atoms with E-state index in [0.717, 1.165) is 23.0 Å². The second kappa shape index (κ2) is 7.23. The fourth-order valence-corrected chi connectivity index (χ4v) is 2.52. The lowest BCUT2D eigenvalue weighted by Crippen LogP contribution is -2.29. The normalized spacial score (nSPS) is 10.7. The third kappa shape index (κ3) is 3.41. The highest BCUT2D eigenvalue weighted by molar-refractivity contribution is 5.97. The van der Waals surface area contributed by atoms with Gasteiger partial charge in [-0.3, -0.25) is 10.2 Å². The molecular weight excluding hydrogens is 320 g/mol. The average Bonchev–Trinajstić information content (AvgIpc) is 3.08. The van der Waals surface area contributed by atoms with E-state index in [-0.39, 0.29) is 5.91 Å². The molecule has 0 fully saturated rings. The molecule has 3 aromatic rings. The fraction of sp³-hybridized carbons (Fsp3) is 0.222. The van der Waals surface area contributed by atoms with E-state index in [4.69, 9.17) is 15.3 Å². The molecule has 130 valence electrons. The topological polar surface area (TPSA) is 102 Å². The summed E-state index contributed by atoms with van der Waals surface area (Å²) in [6.07, 6.45) is 0.924. The summed E-state index contributed by atoms with van der Waals surface area (Å²) in [6, 6.07) is 10.8. The molecule has 3 rings (SSSR count). The van der Waals surface area contributed by atoms with Crippen molar-refractivity contribution < 1.29 is 14.3 Å². The van der Waals surface area contributed by atoms with Crippen LogP contribution >= 0.6 is 0 Å². The summed E-state index contributed by atoms with van der Waals surface area (Å²) < 4.78 is 11.1. The molecule has 4 N–H and O–H groups in total. The van der Waals surface area contributed by atoms with Gasteiger partial charge < -0.3 is 14.5 Å². The molecule has 1 amide bonds. The quantitative estimate of drug-likeness (QED) is 0.364. The first-order valence-corrected chi connectivity index (χ1v) is 7.98. The number of carbonyl (C=O) groups excluding carboxylic acids is 1. The molecule has 1 heterocycles. The SMILES string of the molecule is CCCOc1ccc(-c2nc3ccc(C(=O)NN)cc3[nH]2)cc1OC. The fourth-order valence-electron chi connectivity index (χ4n) is 2.52. The number of nitrogens with zero attached hydrogens (tertiary/aromatic N) is 1. The van der Waals surface area contributed by atoms with Gasteiger partial charge in [0, 0.05) is 11.1 Å². The van der Waals surface area contributed by atoms with Crippen molar-refractivity contribution in [3.63, 3.8) is 0 Å². The second-order valence-electron chi connectivity index (χ2n) is 5.50. The van der Waals surface area contributed by atoms with E-state index in [1.54, 1.807) is 25.3 Å². The number of fused-ring (bicyclic) bond motifs is 1. The monoisotopic (exact) mass is 340 g/mol. The number of H-pyrrole nitrogens is 1. The van der Waals surface area contributed by atoms with Gasteiger partial charge in [-0.05, 0) is 42.8 Å². The molecule has 0 saturated heterocycles. The number of aromatic nitrogens is 2. The van der Waals surface area contributed by atoms with Gasteiger partial charge in [0.1, 0.15) is 5.82 Å². The molecule has 0 unspecified atom stereocenters. The number of aromatic amines is 1. The van der Waals surface area contributed by atoms with Crippen LogP contribution in [0.25, 0.3) is 22.4 Å². The van der Waals surface area contributed by atoms with Gasteiger partial charge in [-0.15, -0.1) is 0 Å². The maximum absolute atomic E-state index is 11.6. The lowest BCUT2D eigenvalue weighted by molar-refractivity contribution is 0.0954. The number of methoxy groups -OCH3 is 1. The molecule has 1 aromatic heterocycles. The molecule has 0 atom stereocenters. The van der Waals surface area contributed by atoms with Crippen molar-refractivity contribution in [2.24, 2.45) is 5.84 Å². The minimum atomic E-state index is -0.350. The second-order valence-corrected chi connectivity index (χ2v) is 5.50. The van der Waals surface area contributed by atoms with Crippen LogP contribution in [0.1, 0.15) is 23.7 Å². The number of nitrogen functional groups attached to an aromatic ring is 1. The Morgan fingerprint density at radius 3 is 2.80 bits per heavy atom. The lowest BCUT2D eigenvalue weighted by atomic mass is 10.2. The molecule has 0 aliphatic heterocycles. The number of ether oxygens (including phenoxy) is 2. The predicted octanol–water partition coefficient (Wildman–Crippen LogP) is 2.63. The minimum Gasteiger partial charge on any atom is -0.493 e. The zero-order valence-corrected chi connectivity index (χ0v) is 14.1. The standard InChI is InChI=1S/C18H20N4O3/c1-3-8-25-15-7-5-11(10-16(15)24-2)17-20-13-6-4-12(18(23)22-19)9-14(13)21-17/h4-7,9-10H,3,8,19H2,1-2H3,(H,20,21)(H,22,23). The molecule has 0 saturated carbocycles. The van der Waals surface area contributed by atoms with Gasteiger partial charge in [0.2, 0.25) is 0 Å². The number of hydrogen-bond acceptors (Lipinski definition) is 5. The number of hydrogen-bond donors (Lipinski definition) is 3. The van der Waals surface area contributed by atoms with Gasteiger partial charge in [0.25, 0.3) is 5.91 Å². The first-order chi connectivity index (χ1) is 12.2. The zero-order chi connectivity index (χ0) is 17.8. The smallest absolute Gasteiger partial charge is 0.265 e. The van der Waals surface area contributed by atoms with Crippen molar-refractivity contribution in [2.75, 3.05) is 13.7 Å². The molecule has 0 spiro atoms. The van der Waals surface area contributed by atoms with Crippen LogP contribution in [-0.4, -0.2) is 29.6 Å². The van der Waals surface area contributed by atoms with Gasteiger partial charge in [0.05, 0.1) is 24.8 Å². The van der Waals surface area contributed by atoms with Gasteiger partial charge >= 0.3 is 0 Å². The summed E-state index contributed by atoms with van der Waals surface area (Å²) in [5.74, 6) is 6.85. The highest BCUT2D eigenvalue weighted by atomic mass is 16.5. The van der Waals surface area contributed by atoms with E-state index < -0.39 is 0 Å². The number of hydrazine groups is 1. The summed E-state index contributed by atoms with van der Waals surface area (Å²) >= 11 is 0. The van der Waals surface area contributed by atoms with Crippen LogP contribution in [0.15, 0.2) is 36.4 Å². The van der Waals surface area contributed by atoms with Crippen LogP contribution in [0.5, 0.6) is 11.5 Å². The number of nitrogens with two attached hydrogens (primary N) is 1. The van der Waals surface area contributed by atoms with Gasteiger partial charge in [0.15, 0.2) is 11.5 Å². The Bertz CT molecular complexity index is 904. The Hall–Kier alpha value is -3.06. The first-order valence-electron chi connectivity index (χ1n) is 7.98. The largest absolute Gasteiger partial charge is 0.493 e. The van der Waals surface area contributed by atoms with Crippen molar-refractivity contribution in [3.05, 3.63) is 42.0 Å². The van der Waals surface area contributed by atoms with Gasteiger partial charge in [-0.2, -0.15) is 0 Å². The van der Waals surface area contributed by atoms with Gasteiger partial charge in [-0.1, -0.05) is 6.92 Å². The van der Waals surface area contributed by atoms with Crippen molar-refractivity contribution in [1.82, 2.24) is 15.4 Å². The molecule has 0 aliphatic rings. The molecule has 7 nitrogen and oxygen atoms in total. The Kier molecular flexibility index (Phi) is 4.85. The third-order valence-electron chi connectivity index (χ3n) is 3.77. The van der Waals surface area contributed by atoms with Crippen molar-refractivity contribution >= 4 is 16.9 Å². The summed E-state index contributed by atoms with van der Waals surface area (Å²) in [7, 11) is 1.61. The number of amides is 1. The van der Waals surface area contributed by atoms with Crippen molar-refractivity contribution in [3.8, 4) is 22.9 Å². The highest BCUT2D eigenvalue weighted by Crippen LogP contribution is 2.32. The average molecular weight is 340 g/mol. The number of carbonyl (C=O) groups is 1. The van der Waals surface area contributed by atoms with Gasteiger partial charge in [-0.25, -0.2) is 10.8 Å². The van der Waals surface area contributed by atoms with Crippen LogP contribution in [0.3, 0.4) is 0 Å². The van der Waals surface area contributed by atoms with Crippen LogP contribution in [-0.2, 0) is 0 Å². The molecule has 0 bridgehead atoms. The number of rotatable bonds is 6. The first kappa shape index (κ1) is 16.8. The van der Waals surface area contributed by atoms with Crippen molar-refractivity contribution in [2.45, 2.75) is 13.3 Å². The van der Waals surface area contributed by atoms with E-state index in [2.05, 4.69) is 22.3 Å². The molecular formula is C18H20N4O3.